The van der Waals surface area contributed by atoms with E-state index in [0.29, 0.717) is 0 Å². The highest BCUT2D eigenvalue weighted by molar-refractivity contribution is 7.25. The minimum atomic E-state index is 1.05. The summed E-state index contributed by atoms with van der Waals surface area (Å²) in [5, 5.41) is 9.81. The summed E-state index contributed by atoms with van der Waals surface area (Å²) in [6, 6.07) is 210. The Hall–Kier alpha value is -19.0. The van der Waals surface area contributed by atoms with Gasteiger partial charge in [0.2, 0.25) is 0 Å². The molecule has 4 nitrogen and oxygen atoms in total. The number of benzene rings is 24. The van der Waals surface area contributed by atoms with Crippen molar-refractivity contribution >= 4 is 120 Å². The van der Waals surface area contributed by atoms with Gasteiger partial charge < -0.3 is 18.9 Å². The molecule has 24 aromatic carbocycles. The smallest absolute Gasteiger partial charge is 0.0547 e. The van der Waals surface area contributed by atoms with Crippen LogP contribution in [0.4, 0.5) is 34.1 Å². The Labute approximate surface area is 858 Å². The van der Waals surface area contributed by atoms with Crippen LogP contribution in [0.3, 0.4) is 0 Å². The minimum absolute atomic E-state index is 1.05. The molecule has 0 fully saturated rings. The molecule has 0 N–H and O–H groups in total. The molecule has 0 saturated heterocycles. The summed E-state index contributed by atoms with van der Waals surface area (Å²) in [4.78, 5) is 4.85. The molecular weight excluding hydrogens is 1790 g/mol. The van der Waals surface area contributed by atoms with Gasteiger partial charge in [0, 0.05) is 86.7 Å². The van der Waals surface area contributed by atoms with Gasteiger partial charge in [0.05, 0.1) is 39.1 Å². The van der Waals surface area contributed by atoms with Crippen LogP contribution in [0.2, 0.25) is 0 Å². The predicted molar refractivity (Wildman–Crippen MR) is 626 cm³/mol. The van der Waals surface area contributed by atoms with E-state index in [1.54, 1.807) is 0 Å². The summed E-state index contributed by atoms with van der Waals surface area (Å²) in [7, 11) is 0. The molecule has 3 heterocycles. The average molecular weight is 1890 g/mol. The van der Waals surface area contributed by atoms with Crippen LogP contribution in [-0.4, -0.2) is 9.13 Å². The zero-order valence-corrected chi connectivity index (χ0v) is 81.3. The number of nitrogens with zero attached hydrogens (tertiary/aromatic N) is 4. The van der Waals surface area contributed by atoms with Crippen molar-refractivity contribution in [3.8, 4) is 156 Å². The largest absolute Gasteiger partial charge is 0.310 e. The second kappa shape index (κ2) is 37.4. The first kappa shape index (κ1) is 87.0. The Morgan fingerprint density at radius 1 is 0.150 bits per heavy atom. The van der Waals surface area contributed by atoms with Crippen molar-refractivity contribution in [3.05, 3.63) is 570 Å². The molecule has 0 aliphatic heterocycles. The van der Waals surface area contributed by atoms with E-state index >= 15 is 0 Å². The molecule has 0 spiro atoms. The molecule has 0 saturated carbocycles. The van der Waals surface area contributed by atoms with E-state index in [1.807, 2.05) is 11.3 Å². The first-order valence-corrected chi connectivity index (χ1v) is 51.3. The zero-order valence-electron chi connectivity index (χ0n) is 80.5. The van der Waals surface area contributed by atoms with E-state index in [-0.39, 0.29) is 0 Å². The fraction of sp³-hybridized carbons (Fsp3) is 0. The molecule has 0 amide bonds. The highest BCUT2D eigenvalue weighted by Crippen LogP contribution is 2.51. The molecule has 0 aliphatic carbocycles. The van der Waals surface area contributed by atoms with Crippen molar-refractivity contribution < 1.29 is 0 Å². The molecule has 0 atom stereocenters. The van der Waals surface area contributed by atoms with Crippen LogP contribution in [0.5, 0.6) is 0 Å². The summed E-state index contributed by atoms with van der Waals surface area (Å²) in [6.45, 7) is 0. The first-order valence-electron chi connectivity index (χ1n) is 50.5. The number of anilines is 6. The topological polar surface area (TPSA) is 16.3 Å². The Morgan fingerprint density at radius 3 is 0.871 bits per heavy atom. The highest BCUT2D eigenvalue weighted by Gasteiger charge is 2.26. The normalized spacial score (nSPS) is 11.5. The third-order valence-corrected chi connectivity index (χ3v) is 30.8. The molecule has 5 heteroatoms. The van der Waals surface area contributed by atoms with E-state index in [0.717, 1.165) is 118 Å². The summed E-state index contributed by atoms with van der Waals surface area (Å²) in [5.74, 6) is 0. The van der Waals surface area contributed by atoms with E-state index in [1.165, 1.54) is 147 Å². The van der Waals surface area contributed by atoms with Crippen molar-refractivity contribution in [1.82, 2.24) is 9.13 Å². The van der Waals surface area contributed by atoms with Gasteiger partial charge in [-0.25, -0.2) is 0 Å². The SMILES string of the molecule is c1ccc(-c2ccc(-c3ccc(N(c4ccc(-c5ccc(-c6ccccc6)cc5)cc4)c4ccccc4-c4cccc(-c5cccc6c5c5ccccc5n6-c5ccc6sc7cc(-c8ccccc8-c8ccc(-c9ccc(N(c%10ccc(-c%11ccc(-c%12ccccc%12)cc%11)cc%10)c%10ccccc%10-c%10cccc(-c%11cccc%12c%11c%11ccccc%11n%12-c%11cccc%12ccccc%11%12)c%10)cc9)cc8)ccc7c6c5)c4)cc3)cc2)cc1. The maximum Gasteiger partial charge on any atom is 0.0547 e. The van der Waals surface area contributed by atoms with E-state index in [4.69, 9.17) is 0 Å². The average Bonchev–Trinajstić information content (AvgIpc) is 1.58. The number of aromatic nitrogens is 2. The Kier molecular flexibility index (Phi) is 22.2. The van der Waals surface area contributed by atoms with Crippen LogP contribution in [0, 0.1) is 0 Å². The lowest BCUT2D eigenvalue weighted by molar-refractivity contribution is 1.19. The van der Waals surface area contributed by atoms with Crippen LogP contribution >= 0.6 is 11.3 Å². The summed E-state index contributed by atoms with van der Waals surface area (Å²) in [5.41, 5.74) is 43.7. The van der Waals surface area contributed by atoms with Crippen molar-refractivity contribution in [1.29, 1.82) is 0 Å². The Balaban J connectivity index is 0.483. The maximum atomic E-state index is 2.48. The third kappa shape index (κ3) is 16.1. The molecule has 27 rings (SSSR count). The quantitative estimate of drug-likeness (QED) is 0.0713. The van der Waals surface area contributed by atoms with Crippen molar-refractivity contribution in [3.63, 3.8) is 0 Å². The van der Waals surface area contributed by atoms with Crippen LogP contribution in [-0.2, 0) is 0 Å². The molecule has 0 aliphatic rings. The molecule has 3 aromatic heterocycles. The van der Waals surface area contributed by atoms with Gasteiger partial charge in [-0.15, -0.1) is 11.3 Å². The van der Waals surface area contributed by atoms with Gasteiger partial charge in [0.1, 0.15) is 0 Å². The lowest BCUT2D eigenvalue weighted by Crippen LogP contribution is -2.11. The summed E-state index contributed by atoms with van der Waals surface area (Å²) in [6.07, 6.45) is 0. The fourth-order valence-electron chi connectivity index (χ4n) is 22.4. The van der Waals surface area contributed by atoms with E-state index in [9.17, 15) is 0 Å². The van der Waals surface area contributed by atoms with Gasteiger partial charge in [0.15, 0.2) is 0 Å². The van der Waals surface area contributed by atoms with Crippen LogP contribution in [0.1, 0.15) is 0 Å². The van der Waals surface area contributed by atoms with E-state index < -0.39 is 0 Å². The predicted octanol–water partition coefficient (Wildman–Crippen LogP) is 40.0. The van der Waals surface area contributed by atoms with Gasteiger partial charge in [-0.05, 0) is 266 Å². The molecule has 0 bridgehead atoms. The minimum Gasteiger partial charge on any atom is -0.310 e. The van der Waals surface area contributed by atoms with Gasteiger partial charge in [-0.2, -0.15) is 0 Å². The number of para-hydroxylation sites is 4. The molecule has 0 unspecified atom stereocenters. The molecular formula is C142H94N4S. The van der Waals surface area contributed by atoms with Gasteiger partial charge in [0.25, 0.3) is 0 Å². The van der Waals surface area contributed by atoms with Crippen LogP contribution in [0.15, 0.2) is 570 Å². The number of fused-ring (bicyclic) bond motifs is 10. The number of hydrogen-bond acceptors (Lipinski definition) is 3. The molecule has 27 aromatic rings. The molecule has 147 heavy (non-hydrogen) atoms. The first-order chi connectivity index (χ1) is 72.9. The second-order valence-corrected chi connectivity index (χ2v) is 39.2. The number of hydrogen-bond donors (Lipinski definition) is 0. The molecule has 688 valence electrons. The third-order valence-electron chi connectivity index (χ3n) is 29.6. The lowest BCUT2D eigenvalue weighted by Gasteiger charge is -2.28. The fourth-order valence-corrected chi connectivity index (χ4v) is 23.5. The zero-order chi connectivity index (χ0) is 97.2. The van der Waals surface area contributed by atoms with Crippen molar-refractivity contribution in [2.75, 3.05) is 9.80 Å². The van der Waals surface area contributed by atoms with Gasteiger partial charge in [-0.3, -0.25) is 0 Å². The van der Waals surface area contributed by atoms with Crippen LogP contribution < -0.4 is 9.80 Å². The standard InChI is InChI=1S/C142H94N4S/c1-4-27-95(28-5-1)98-55-61-101(62-56-98)105-71-80-116(81-72-105)143(117-82-73-106(74-83-117)102-63-57-99(58-64-102)96-29-6-2-7-30-96)132-48-18-14-42-124(132)111-35-22-37-113(91-111)126-46-25-53-137-141(126)129-44-16-20-50-135(129)145(137)120-88-90-139-131(94-120)128-89-79-115(93-140(128)147-139)122-40-13-12-39-121(122)110-69-67-104(68-70-110)108-77-86-119(87-78-108)144(118-84-75-107(76-85-118)103-65-59-100(60-66-103)97-31-8-3-9-32-97)133-49-19-15-43-125(133)112-36-23-38-114(92-112)127-47-26-54-138-142(127)130-45-17-21-51-136(130)146(138)134-52-24-34-109-33-10-11-41-123(109)134/h1-94H. The monoisotopic (exact) mass is 1890 g/mol. The van der Waals surface area contributed by atoms with Crippen LogP contribution in [0.25, 0.3) is 231 Å². The maximum absolute atomic E-state index is 2.48. The van der Waals surface area contributed by atoms with Gasteiger partial charge >= 0.3 is 0 Å². The van der Waals surface area contributed by atoms with Gasteiger partial charge in [-0.1, -0.05) is 443 Å². The highest BCUT2D eigenvalue weighted by atomic mass is 32.1. The summed E-state index contributed by atoms with van der Waals surface area (Å²) >= 11 is 1.87. The van der Waals surface area contributed by atoms with E-state index in [2.05, 4.69) is 589 Å². The Bertz CT molecular complexity index is 9510. The Morgan fingerprint density at radius 2 is 0.435 bits per heavy atom. The lowest BCUT2D eigenvalue weighted by atomic mass is 9.93. The summed E-state index contributed by atoms with van der Waals surface area (Å²) < 4.78 is 7.44. The molecule has 0 radical (unpaired) electrons. The van der Waals surface area contributed by atoms with Crippen molar-refractivity contribution in [2.45, 2.75) is 0 Å². The van der Waals surface area contributed by atoms with Crippen molar-refractivity contribution in [2.24, 2.45) is 0 Å². The number of rotatable bonds is 21. The number of thiophene rings is 1. The second-order valence-electron chi connectivity index (χ2n) is 38.1.